The predicted octanol–water partition coefficient (Wildman–Crippen LogP) is 3.60. The van der Waals surface area contributed by atoms with Crippen molar-refractivity contribution in [2.24, 2.45) is 0 Å². The van der Waals surface area contributed by atoms with Gasteiger partial charge in [-0.15, -0.1) is 0 Å². The molecule has 0 amide bonds. The largest absolute Gasteiger partial charge is 0.486 e. The molecule has 0 aliphatic carbocycles. The smallest absolute Gasteiger partial charge is 0.163 e. The van der Waals surface area contributed by atoms with Gasteiger partial charge in [0.25, 0.3) is 0 Å². The quantitative estimate of drug-likeness (QED) is 0.654. The van der Waals surface area contributed by atoms with Crippen molar-refractivity contribution >= 4 is 22.4 Å². The van der Waals surface area contributed by atoms with Crippen LogP contribution in [0.2, 0.25) is 0 Å². The summed E-state index contributed by atoms with van der Waals surface area (Å²) in [6.45, 7) is 7.66. The number of nitrogens with one attached hydrogen (secondary N) is 1. The molecule has 1 N–H and O–H groups in total. The van der Waals surface area contributed by atoms with Crippen molar-refractivity contribution < 1.29 is 13.9 Å². The second kappa shape index (κ2) is 8.88. The molecular formula is C24H28FN5O2. The summed E-state index contributed by atoms with van der Waals surface area (Å²) in [5.74, 6) is 1.59. The predicted molar refractivity (Wildman–Crippen MR) is 122 cm³/mol. The maximum atomic E-state index is 14.5. The number of anilines is 2. The summed E-state index contributed by atoms with van der Waals surface area (Å²) in [7, 11) is 2.17. The van der Waals surface area contributed by atoms with Crippen LogP contribution in [0.4, 0.5) is 15.9 Å². The van der Waals surface area contributed by atoms with Gasteiger partial charge >= 0.3 is 0 Å². The van der Waals surface area contributed by atoms with E-state index in [4.69, 9.17) is 9.47 Å². The summed E-state index contributed by atoms with van der Waals surface area (Å²) >= 11 is 0. The number of nitrogens with zero attached hydrogens (tertiary/aromatic N) is 4. The van der Waals surface area contributed by atoms with E-state index in [1.807, 2.05) is 18.2 Å². The zero-order valence-electron chi connectivity index (χ0n) is 18.5. The Labute approximate surface area is 187 Å². The minimum atomic E-state index is -0.292. The van der Waals surface area contributed by atoms with Crippen LogP contribution >= 0.6 is 0 Å². The Morgan fingerprint density at radius 2 is 1.97 bits per heavy atom. The van der Waals surface area contributed by atoms with Crippen LogP contribution in [-0.4, -0.2) is 72.3 Å². The zero-order chi connectivity index (χ0) is 22.1. The third-order valence-electron chi connectivity index (χ3n) is 6.23. The first kappa shape index (κ1) is 20.9. The van der Waals surface area contributed by atoms with Crippen LogP contribution in [-0.2, 0) is 0 Å². The first-order valence-corrected chi connectivity index (χ1v) is 11.1. The summed E-state index contributed by atoms with van der Waals surface area (Å²) < 4.78 is 26.8. The molecular weight excluding hydrogens is 409 g/mol. The molecule has 2 aromatic carbocycles. The lowest BCUT2D eigenvalue weighted by atomic mass is 10.1. The molecule has 1 aromatic heterocycles. The van der Waals surface area contributed by atoms with E-state index >= 15 is 0 Å². The van der Waals surface area contributed by atoms with Gasteiger partial charge in [0, 0.05) is 50.6 Å². The summed E-state index contributed by atoms with van der Waals surface area (Å²) in [4.78, 5) is 13.6. The molecule has 3 aromatic rings. The molecule has 7 nitrogen and oxygen atoms in total. The summed E-state index contributed by atoms with van der Waals surface area (Å²) in [6, 6.07) is 8.99. The number of hydrogen-bond acceptors (Lipinski definition) is 7. The molecule has 2 aliphatic rings. The van der Waals surface area contributed by atoms with Crippen LogP contribution in [0.25, 0.3) is 10.9 Å². The monoisotopic (exact) mass is 437 g/mol. The Kier molecular flexibility index (Phi) is 5.80. The third-order valence-corrected chi connectivity index (χ3v) is 6.23. The number of benzene rings is 2. The fraction of sp³-hybridized carbons (Fsp3) is 0.417. The second-order valence-electron chi connectivity index (χ2n) is 8.58. The van der Waals surface area contributed by atoms with Gasteiger partial charge in [-0.05, 0) is 31.7 Å². The van der Waals surface area contributed by atoms with Gasteiger partial charge in [-0.2, -0.15) is 0 Å². The van der Waals surface area contributed by atoms with E-state index in [0.29, 0.717) is 35.2 Å². The van der Waals surface area contributed by atoms with Crippen LogP contribution in [0.15, 0.2) is 36.7 Å². The molecule has 5 rings (SSSR count). The van der Waals surface area contributed by atoms with E-state index in [1.54, 1.807) is 19.1 Å². The van der Waals surface area contributed by atoms with E-state index in [-0.39, 0.29) is 11.9 Å². The first-order valence-electron chi connectivity index (χ1n) is 11.1. The lowest BCUT2D eigenvalue weighted by Crippen LogP contribution is -2.45. The molecule has 168 valence electrons. The molecule has 3 heterocycles. The van der Waals surface area contributed by atoms with Gasteiger partial charge in [-0.3, -0.25) is 0 Å². The number of ether oxygens (including phenoxy) is 2. The SMILES string of the molecule is Cc1cccc(Nc2ncnc3cc4c(cc23)OCC(CCN2CCN(C)CC2)O4)c1F. The number of rotatable bonds is 5. The first-order chi connectivity index (χ1) is 15.6. The summed E-state index contributed by atoms with van der Waals surface area (Å²) in [5.41, 5.74) is 1.67. The molecule has 1 unspecified atom stereocenters. The van der Waals surface area contributed by atoms with Gasteiger partial charge in [-0.25, -0.2) is 14.4 Å². The lowest BCUT2D eigenvalue weighted by Gasteiger charge is -2.34. The molecule has 32 heavy (non-hydrogen) atoms. The van der Waals surface area contributed by atoms with Crippen molar-refractivity contribution in [3.05, 3.63) is 48.0 Å². The highest BCUT2D eigenvalue weighted by atomic mass is 19.1. The van der Waals surface area contributed by atoms with Crippen molar-refractivity contribution in [2.45, 2.75) is 19.4 Å². The fourth-order valence-corrected chi connectivity index (χ4v) is 4.18. The highest BCUT2D eigenvalue weighted by Crippen LogP contribution is 2.38. The van der Waals surface area contributed by atoms with E-state index in [2.05, 4.69) is 32.1 Å². The van der Waals surface area contributed by atoms with Crippen LogP contribution in [0.5, 0.6) is 11.5 Å². The van der Waals surface area contributed by atoms with Crippen LogP contribution in [0, 0.1) is 12.7 Å². The van der Waals surface area contributed by atoms with Crippen LogP contribution < -0.4 is 14.8 Å². The van der Waals surface area contributed by atoms with Crippen molar-refractivity contribution in [3.63, 3.8) is 0 Å². The number of fused-ring (bicyclic) bond motifs is 2. The summed E-state index contributed by atoms with van der Waals surface area (Å²) in [6.07, 6.45) is 2.41. The molecule has 8 heteroatoms. The molecule has 1 fully saturated rings. The normalized spacial score (nSPS) is 19.3. The van der Waals surface area contributed by atoms with Gasteiger partial charge in [-0.1, -0.05) is 12.1 Å². The molecule has 0 saturated carbocycles. The minimum absolute atomic E-state index is 0.0143. The second-order valence-corrected chi connectivity index (χ2v) is 8.58. The maximum absolute atomic E-state index is 14.5. The fourth-order valence-electron chi connectivity index (χ4n) is 4.18. The molecule has 1 saturated heterocycles. The Balaban J connectivity index is 1.32. The number of hydrogen-bond donors (Lipinski definition) is 1. The van der Waals surface area contributed by atoms with Crippen LogP contribution in [0.1, 0.15) is 12.0 Å². The Morgan fingerprint density at radius 1 is 1.12 bits per heavy atom. The highest BCUT2D eigenvalue weighted by Gasteiger charge is 2.24. The zero-order valence-corrected chi connectivity index (χ0v) is 18.5. The standard InChI is InChI=1S/C24H28FN5O2/c1-16-4-3-5-19(23(16)25)28-24-18-12-21-22(13-20(18)26-15-27-24)32-17(14-31-21)6-7-30-10-8-29(2)9-11-30/h3-5,12-13,15,17H,6-11,14H2,1-2H3,(H,26,27,28). The molecule has 0 spiro atoms. The molecule has 0 bridgehead atoms. The van der Waals surface area contributed by atoms with Crippen molar-refractivity contribution in [1.82, 2.24) is 19.8 Å². The molecule has 0 radical (unpaired) electrons. The van der Waals surface area contributed by atoms with E-state index in [0.717, 1.165) is 50.0 Å². The number of aryl methyl sites for hydroxylation is 1. The van der Waals surface area contributed by atoms with E-state index in [9.17, 15) is 4.39 Å². The minimum Gasteiger partial charge on any atom is -0.486 e. The summed E-state index contributed by atoms with van der Waals surface area (Å²) in [5, 5.41) is 3.86. The van der Waals surface area contributed by atoms with Gasteiger partial charge in [0.1, 0.15) is 30.7 Å². The van der Waals surface area contributed by atoms with Gasteiger partial charge in [0.15, 0.2) is 11.5 Å². The van der Waals surface area contributed by atoms with E-state index in [1.165, 1.54) is 6.33 Å². The molecule has 1 atom stereocenters. The van der Waals surface area contributed by atoms with Gasteiger partial charge < -0.3 is 24.6 Å². The van der Waals surface area contributed by atoms with Crippen molar-refractivity contribution in [1.29, 1.82) is 0 Å². The van der Waals surface area contributed by atoms with Crippen molar-refractivity contribution in [3.8, 4) is 11.5 Å². The highest BCUT2D eigenvalue weighted by molar-refractivity contribution is 5.93. The Morgan fingerprint density at radius 3 is 2.81 bits per heavy atom. The number of likely N-dealkylation sites (N-methyl/N-ethyl adjacent to an activating group) is 1. The van der Waals surface area contributed by atoms with Crippen molar-refractivity contribution in [2.75, 3.05) is 51.7 Å². The Hall–Kier alpha value is -2.97. The lowest BCUT2D eigenvalue weighted by molar-refractivity contribution is 0.0679. The van der Waals surface area contributed by atoms with Gasteiger partial charge in [0.05, 0.1) is 11.2 Å². The maximum Gasteiger partial charge on any atom is 0.163 e. The third kappa shape index (κ3) is 4.33. The number of halogens is 1. The van der Waals surface area contributed by atoms with Gasteiger partial charge in [0.2, 0.25) is 0 Å². The number of aromatic nitrogens is 2. The topological polar surface area (TPSA) is 62.8 Å². The Bertz CT molecular complexity index is 1120. The molecule has 2 aliphatic heterocycles. The van der Waals surface area contributed by atoms with E-state index < -0.39 is 0 Å². The average molecular weight is 438 g/mol. The number of piperazine rings is 1. The van der Waals surface area contributed by atoms with Crippen LogP contribution in [0.3, 0.4) is 0 Å². The average Bonchev–Trinajstić information content (AvgIpc) is 2.80.